The Morgan fingerprint density at radius 3 is 2.67 bits per heavy atom. The molecule has 1 rings (SSSR count). The lowest BCUT2D eigenvalue weighted by Crippen LogP contribution is -2.18. The van der Waals surface area contributed by atoms with Crippen molar-refractivity contribution in [2.75, 3.05) is 0 Å². The van der Waals surface area contributed by atoms with Crippen molar-refractivity contribution in [3.8, 4) is 0 Å². The zero-order valence-corrected chi connectivity index (χ0v) is 9.96. The number of allylic oxidation sites excluding steroid dienone is 1. The van der Waals surface area contributed by atoms with Crippen molar-refractivity contribution in [3.63, 3.8) is 0 Å². The molecule has 1 heteroatoms. The highest BCUT2D eigenvalue weighted by atomic mass is 16.3. The summed E-state index contributed by atoms with van der Waals surface area (Å²) >= 11 is 0. The van der Waals surface area contributed by atoms with Crippen molar-refractivity contribution < 1.29 is 5.11 Å². The molecule has 0 bridgehead atoms. The second-order valence-electron chi connectivity index (χ2n) is 4.89. The van der Waals surface area contributed by atoms with Crippen molar-refractivity contribution in [3.05, 3.63) is 12.7 Å². The molecular weight excluding hydrogens is 184 g/mol. The zero-order valence-electron chi connectivity index (χ0n) is 9.96. The highest BCUT2D eigenvalue weighted by Gasteiger charge is 2.20. The van der Waals surface area contributed by atoms with Gasteiger partial charge in [-0.25, -0.2) is 0 Å². The summed E-state index contributed by atoms with van der Waals surface area (Å²) in [4.78, 5) is 0. The lowest BCUT2D eigenvalue weighted by atomic mass is 9.91. The number of unbranched alkanes of at least 4 members (excludes halogenated alkanes) is 3. The average Bonchev–Trinajstić information content (AvgIpc) is 2.44. The molecule has 0 aliphatic heterocycles. The van der Waals surface area contributed by atoms with E-state index in [0.29, 0.717) is 5.92 Å². The van der Waals surface area contributed by atoms with Crippen molar-refractivity contribution >= 4 is 0 Å². The maximum Gasteiger partial charge on any atom is 0.0568 e. The monoisotopic (exact) mass is 210 g/mol. The van der Waals surface area contributed by atoms with Gasteiger partial charge in [-0.2, -0.15) is 0 Å². The standard InChI is InChI=1S/C14H26O/c1-2-3-4-5-7-10-13-11-8-6-9-12-14(13)15/h2,13-15H,1,3-12H2. The summed E-state index contributed by atoms with van der Waals surface area (Å²) < 4.78 is 0. The summed E-state index contributed by atoms with van der Waals surface area (Å²) in [5, 5.41) is 9.94. The number of rotatable bonds is 6. The molecule has 0 radical (unpaired) electrons. The minimum absolute atomic E-state index is 0.00750. The molecule has 0 aromatic rings. The van der Waals surface area contributed by atoms with E-state index in [-0.39, 0.29) is 6.10 Å². The number of aliphatic hydroxyl groups excluding tert-OH is 1. The van der Waals surface area contributed by atoms with Crippen LogP contribution < -0.4 is 0 Å². The summed E-state index contributed by atoms with van der Waals surface area (Å²) in [7, 11) is 0. The van der Waals surface area contributed by atoms with Gasteiger partial charge in [-0.05, 0) is 38.0 Å². The van der Waals surface area contributed by atoms with Crippen molar-refractivity contribution in [1.82, 2.24) is 0 Å². The lowest BCUT2D eigenvalue weighted by molar-refractivity contribution is 0.0942. The predicted octanol–water partition coefficient (Wildman–Crippen LogP) is 4.06. The van der Waals surface area contributed by atoms with E-state index in [4.69, 9.17) is 0 Å². The van der Waals surface area contributed by atoms with E-state index < -0.39 is 0 Å². The Kier molecular flexibility index (Phi) is 6.74. The van der Waals surface area contributed by atoms with Crippen LogP contribution in [0, 0.1) is 5.92 Å². The summed E-state index contributed by atoms with van der Waals surface area (Å²) in [5.74, 6) is 0.594. The third kappa shape index (κ3) is 5.36. The molecule has 1 nitrogen and oxygen atoms in total. The fourth-order valence-corrected chi connectivity index (χ4v) is 2.57. The smallest absolute Gasteiger partial charge is 0.0568 e. The van der Waals surface area contributed by atoms with Crippen LogP contribution in [0.25, 0.3) is 0 Å². The first-order valence-corrected chi connectivity index (χ1v) is 6.63. The van der Waals surface area contributed by atoms with Gasteiger partial charge in [-0.3, -0.25) is 0 Å². The molecule has 1 aliphatic carbocycles. The predicted molar refractivity (Wildman–Crippen MR) is 65.9 cm³/mol. The molecule has 15 heavy (non-hydrogen) atoms. The fraction of sp³-hybridized carbons (Fsp3) is 0.857. The Bertz CT molecular complexity index is 165. The normalized spacial score (nSPS) is 27.3. The summed E-state index contributed by atoms with van der Waals surface area (Å²) in [6.45, 7) is 3.73. The van der Waals surface area contributed by atoms with Crippen LogP contribution in [0.3, 0.4) is 0 Å². The summed E-state index contributed by atoms with van der Waals surface area (Å²) in [5.41, 5.74) is 0. The molecule has 1 fully saturated rings. The molecule has 0 amide bonds. The fourth-order valence-electron chi connectivity index (χ4n) is 2.57. The second-order valence-corrected chi connectivity index (χ2v) is 4.89. The Labute approximate surface area is 94.6 Å². The molecule has 2 atom stereocenters. The van der Waals surface area contributed by atoms with Gasteiger partial charge in [0.1, 0.15) is 0 Å². The van der Waals surface area contributed by atoms with Gasteiger partial charge in [-0.15, -0.1) is 6.58 Å². The van der Waals surface area contributed by atoms with Crippen LogP contribution in [0.4, 0.5) is 0 Å². The third-order valence-corrected chi connectivity index (χ3v) is 3.60. The van der Waals surface area contributed by atoms with E-state index in [1.165, 1.54) is 51.4 Å². The Morgan fingerprint density at radius 2 is 1.87 bits per heavy atom. The van der Waals surface area contributed by atoms with Crippen LogP contribution >= 0.6 is 0 Å². The number of aliphatic hydroxyl groups is 1. The first kappa shape index (κ1) is 12.8. The molecule has 1 saturated carbocycles. The lowest BCUT2D eigenvalue weighted by Gasteiger charge is -2.19. The third-order valence-electron chi connectivity index (χ3n) is 3.60. The van der Waals surface area contributed by atoms with Crippen LogP contribution in [0.2, 0.25) is 0 Å². The van der Waals surface area contributed by atoms with Gasteiger partial charge in [0.05, 0.1) is 6.10 Å². The van der Waals surface area contributed by atoms with Crippen LogP contribution in [-0.2, 0) is 0 Å². The van der Waals surface area contributed by atoms with Gasteiger partial charge in [-0.1, -0.05) is 38.2 Å². The van der Waals surface area contributed by atoms with Crippen LogP contribution in [0.5, 0.6) is 0 Å². The maximum absolute atomic E-state index is 9.94. The quantitative estimate of drug-likeness (QED) is 0.398. The topological polar surface area (TPSA) is 20.2 Å². The van der Waals surface area contributed by atoms with Crippen LogP contribution in [0.15, 0.2) is 12.7 Å². The van der Waals surface area contributed by atoms with E-state index in [0.717, 1.165) is 12.8 Å². The molecule has 0 heterocycles. The molecule has 0 saturated heterocycles. The van der Waals surface area contributed by atoms with Crippen molar-refractivity contribution in [1.29, 1.82) is 0 Å². The average molecular weight is 210 g/mol. The van der Waals surface area contributed by atoms with E-state index >= 15 is 0 Å². The molecule has 0 spiro atoms. The zero-order chi connectivity index (χ0) is 10.9. The van der Waals surface area contributed by atoms with Gasteiger partial charge in [0.25, 0.3) is 0 Å². The largest absolute Gasteiger partial charge is 0.393 e. The van der Waals surface area contributed by atoms with E-state index in [9.17, 15) is 5.11 Å². The van der Waals surface area contributed by atoms with E-state index in [1.807, 2.05) is 6.08 Å². The number of hydrogen-bond donors (Lipinski definition) is 1. The molecule has 0 aromatic heterocycles. The van der Waals surface area contributed by atoms with Gasteiger partial charge >= 0.3 is 0 Å². The molecule has 1 N–H and O–H groups in total. The molecule has 2 unspecified atom stereocenters. The maximum atomic E-state index is 9.94. The molecular formula is C14H26O. The molecule has 88 valence electrons. The minimum Gasteiger partial charge on any atom is -0.393 e. The summed E-state index contributed by atoms with van der Waals surface area (Å²) in [6, 6.07) is 0. The Hall–Kier alpha value is -0.300. The highest BCUT2D eigenvalue weighted by molar-refractivity contribution is 4.73. The first-order valence-electron chi connectivity index (χ1n) is 6.63. The molecule has 1 aliphatic rings. The second kappa shape index (κ2) is 7.92. The van der Waals surface area contributed by atoms with Gasteiger partial charge in [0.2, 0.25) is 0 Å². The minimum atomic E-state index is -0.00750. The van der Waals surface area contributed by atoms with Gasteiger partial charge < -0.3 is 5.11 Å². The molecule has 0 aromatic carbocycles. The first-order chi connectivity index (χ1) is 7.34. The summed E-state index contributed by atoms with van der Waals surface area (Å²) in [6.07, 6.45) is 14.4. The highest BCUT2D eigenvalue weighted by Crippen LogP contribution is 2.27. The van der Waals surface area contributed by atoms with Gasteiger partial charge in [0, 0.05) is 0 Å². The number of hydrogen-bond acceptors (Lipinski definition) is 1. The SMILES string of the molecule is C=CCCCCCC1CCCCCC1O. The van der Waals surface area contributed by atoms with Gasteiger partial charge in [0.15, 0.2) is 0 Å². The Morgan fingerprint density at radius 1 is 1.07 bits per heavy atom. The van der Waals surface area contributed by atoms with Crippen LogP contribution in [0.1, 0.15) is 64.2 Å². The van der Waals surface area contributed by atoms with E-state index in [1.54, 1.807) is 0 Å². The van der Waals surface area contributed by atoms with Crippen molar-refractivity contribution in [2.45, 2.75) is 70.3 Å². The van der Waals surface area contributed by atoms with Crippen molar-refractivity contribution in [2.24, 2.45) is 5.92 Å². The van der Waals surface area contributed by atoms with Crippen LogP contribution in [-0.4, -0.2) is 11.2 Å². The Balaban J connectivity index is 2.09. The van der Waals surface area contributed by atoms with E-state index in [2.05, 4.69) is 6.58 Å².